The molecule has 0 aliphatic heterocycles. The highest BCUT2D eigenvalue weighted by molar-refractivity contribution is 6.07. The number of benzene rings is 3. The molecule has 6 heteroatoms. The average Bonchev–Trinajstić information content (AvgIpc) is 3.21. The number of carboxylic acid groups (broad SMARTS) is 1. The first-order valence-corrected chi connectivity index (χ1v) is 11.2. The molecule has 1 atom stereocenters. The quantitative estimate of drug-likeness (QED) is 0.303. The zero-order chi connectivity index (χ0) is 24.7. The highest BCUT2D eigenvalue weighted by Gasteiger charge is 2.22. The van der Waals surface area contributed by atoms with Crippen molar-refractivity contribution in [3.05, 3.63) is 94.5 Å². The van der Waals surface area contributed by atoms with Gasteiger partial charge in [0, 0.05) is 10.9 Å². The number of aryl methyl sites for hydroxylation is 2. The van der Waals surface area contributed by atoms with Crippen LogP contribution in [0.15, 0.2) is 71.1 Å². The van der Waals surface area contributed by atoms with Gasteiger partial charge in [0.2, 0.25) is 0 Å². The summed E-state index contributed by atoms with van der Waals surface area (Å²) in [6, 6.07) is 22.1. The number of rotatable bonds is 5. The van der Waals surface area contributed by atoms with Crippen LogP contribution in [0.3, 0.4) is 0 Å². The fraction of sp³-hybridized carbons (Fsp3) is 0.138. The number of aromatic carboxylic acids is 1. The Morgan fingerprint density at radius 1 is 1.09 bits per heavy atom. The van der Waals surface area contributed by atoms with Gasteiger partial charge >= 0.3 is 5.97 Å². The number of pyridine rings is 1. The van der Waals surface area contributed by atoms with Crippen molar-refractivity contribution in [2.24, 2.45) is 0 Å². The van der Waals surface area contributed by atoms with Crippen molar-refractivity contribution in [3.63, 3.8) is 0 Å². The van der Waals surface area contributed by atoms with Crippen molar-refractivity contribution >= 4 is 27.8 Å². The van der Waals surface area contributed by atoms with Gasteiger partial charge in [0.15, 0.2) is 5.76 Å². The minimum atomic E-state index is -1.08. The Bertz CT molecular complexity index is 1640. The van der Waals surface area contributed by atoms with Crippen LogP contribution in [-0.2, 0) is 0 Å². The molecule has 0 radical (unpaired) electrons. The second-order valence-corrected chi connectivity index (χ2v) is 8.51. The van der Waals surface area contributed by atoms with Gasteiger partial charge in [-0.05, 0) is 62.2 Å². The molecule has 0 fully saturated rings. The summed E-state index contributed by atoms with van der Waals surface area (Å²) in [6.07, 6.45) is -0.368. The third kappa shape index (κ3) is 3.87. The maximum absolute atomic E-state index is 12.4. The predicted octanol–water partition coefficient (Wildman–Crippen LogP) is 6.97. The summed E-state index contributed by atoms with van der Waals surface area (Å²) in [6.45, 7) is 5.72. The lowest BCUT2D eigenvalue weighted by Gasteiger charge is -2.19. The van der Waals surface area contributed by atoms with Gasteiger partial charge in [0.05, 0.1) is 28.1 Å². The molecule has 0 aliphatic rings. The molecule has 0 spiro atoms. The van der Waals surface area contributed by atoms with Crippen LogP contribution < -0.4 is 4.74 Å². The summed E-state index contributed by atoms with van der Waals surface area (Å²) in [5, 5.41) is 20.6. The van der Waals surface area contributed by atoms with Crippen LogP contribution in [0.25, 0.3) is 33.3 Å². The molecule has 2 heterocycles. The van der Waals surface area contributed by atoms with Gasteiger partial charge in [0.25, 0.3) is 0 Å². The molecule has 1 N–H and O–H groups in total. The SMILES string of the molecule is Cc1c(-c2cc(C(=O)O)c3c(O[C@H](C)c4ccc(C#N)cc4)ccc(C)c3n2)oc2ccccc12. The predicted molar refractivity (Wildman–Crippen MR) is 134 cm³/mol. The molecule has 0 saturated carbocycles. The van der Waals surface area contributed by atoms with Crippen LogP contribution in [-0.4, -0.2) is 16.1 Å². The molecule has 6 nitrogen and oxygen atoms in total. The van der Waals surface area contributed by atoms with Crippen molar-refractivity contribution in [2.45, 2.75) is 26.9 Å². The molecule has 0 aliphatic carbocycles. The van der Waals surface area contributed by atoms with Crippen LogP contribution in [0, 0.1) is 25.2 Å². The lowest BCUT2D eigenvalue weighted by atomic mass is 10.0. The number of aromatic nitrogens is 1. The monoisotopic (exact) mass is 462 g/mol. The van der Waals surface area contributed by atoms with Crippen LogP contribution >= 0.6 is 0 Å². The van der Waals surface area contributed by atoms with Gasteiger partial charge in [-0.2, -0.15) is 5.26 Å². The van der Waals surface area contributed by atoms with Gasteiger partial charge in [-0.15, -0.1) is 0 Å². The number of carboxylic acids is 1. The molecular formula is C29H22N2O4. The van der Waals surface area contributed by atoms with Crippen molar-refractivity contribution in [2.75, 3.05) is 0 Å². The first kappa shape index (κ1) is 22.2. The third-order valence-corrected chi connectivity index (χ3v) is 6.24. The van der Waals surface area contributed by atoms with Crippen LogP contribution in [0.1, 0.15) is 45.6 Å². The van der Waals surface area contributed by atoms with E-state index >= 15 is 0 Å². The van der Waals surface area contributed by atoms with Gasteiger partial charge in [-0.1, -0.05) is 36.4 Å². The van der Waals surface area contributed by atoms with E-state index in [2.05, 4.69) is 6.07 Å². The van der Waals surface area contributed by atoms with Crippen molar-refractivity contribution < 1.29 is 19.1 Å². The number of para-hydroxylation sites is 1. The normalized spacial score (nSPS) is 11.9. The van der Waals surface area contributed by atoms with Crippen LogP contribution in [0.2, 0.25) is 0 Å². The number of hydrogen-bond acceptors (Lipinski definition) is 5. The highest BCUT2D eigenvalue weighted by atomic mass is 16.5. The Morgan fingerprint density at radius 3 is 2.51 bits per heavy atom. The number of carbonyl (C=O) groups is 1. The summed E-state index contributed by atoms with van der Waals surface area (Å²) < 4.78 is 12.3. The van der Waals surface area contributed by atoms with Crippen LogP contribution in [0.5, 0.6) is 5.75 Å². The van der Waals surface area contributed by atoms with E-state index in [4.69, 9.17) is 19.4 Å². The fourth-order valence-corrected chi connectivity index (χ4v) is 4.33. The number of nitrogens with zero attached hydrogens (tertiary/aromatic N) is 2. The molecule has 0 bridgehead atoms. The van der Waals surface area contributed by atoms with E-state index < -0.39 is 5.97 Å². The molecule has 2 aromatic heterocycles. The highest BCUT2D eigenvalue weighted by Crippen LogP contribution is 2.38. The summed E-state index contributed by atoms with van der Waals surface area (Å²) >= 11 is 0. The van der Waals surface area contributed by atoms with Gasteiger partial charge in [-0.25, -0.2) is 9.78 Å². The smallest absolute Gasteiger partial charge is 0.336 e. The lowest BCUT2D eigenvalue weighted by molar-refractivity contribution is 0.0698. The minimum absolute atomic E-state index is 0.0931. The van der Waals surface area contributed by atoms with E-state index in [9.17, 15) is 9.90 Å². The summed E-state index contributed by atoms with van der Waals surface area (Å²) in [5.74, 6) is -0.0959. The van der Waals surface area contributed by atoms with Crippen LogP contribution in [0.4, 0.5) is 0 Å². The standard InChI is InChI=1S/C29H22N2O4/c1-16-8-13-25(34-18(3)20-11-9-19(15-30)10-12-20)26-22(29(32)33)14-23(31-27(16)26)28-17(2)21-6-4-5-7-24(21)35-28/h4-14,18H,1-3H3,(H,32,33)/t18-/m1/s1. The molecule has 0 unspecified atom stereocenters. The van der Waals surface area contributed by atoms with E-state index in [0.29, 0.717) is 33.7 Å². The topological polar surface area (TPSA) is 96.3 Å². The van der Waals surface area contributed by atoms with Crippen molar-refractivity contribution in [1.82, 2.24) is 4.98 Å². The Hall–Kier alpha value is -4.63. The maximum Gasteiger partial charge on any atom is 0.336 e. The largest absolute Gasteiger partial charge is 0.485 e. The Kier molecular flexibility index (Phi) is 5.46. The Morgan fingerprint density at radius 2 is 1.83 bits per heavy atom. The van der Waals surface area contributed by atoms with Gasteiger partial charge in [-0.3, -0.25) is 0 Å². The number of ether oxygens (including phenoxy) is 1. The van der Waals surface area contributed by atoms with Crippen molar-refractivity contribution in [1.29, 1.82) is 5.26 Å². The zero-order valence-corrected chi connectivity index (χ0v) is 19.5. The Balaban J connectivity index is 1.66. The van der Waals surface area contributed by atoms with E-state index in [1.807, 2.05) is 63.2 Å². The molecule has 5 aromatic rings. The molecule has 5 rings (SSSR count). The first-order valence-electron chi connectivity index (χ1n) is 11.2. The number of hydrogen-bond donors (Lipinski definition) is 1. The third-order valence-electron chi connectivity index (χ3n) is 6.24. The van der Waals surface area contributed by atoms with E-state index in [1.165, 1.54) is 0 Å². The molecule has 3 aromatic carbocycles. The van der Waals surface area contributed by atoms with Crippen molar-refractivity contribution in [3.8, 4) is 23.3 Å². The number of fused-ring (bicyclic) bond motifs is 2. The molecule has 172 valence electrons. The summed E-state index contributed by atoms with van der Waals surface area (Å²) in [5.41, 5.74) is 5.00. The second kappa shape index (κ2) is 8.62. The minimum Gasteiger partial charge on any atom is -0.485 e. The Labute approximate surface area is 202 Å². The fourth-order valence-electron chi connectivity index (χ4n) is 4.33. The van der Waals surface area contributed by atoms with Gasteiger partial charge in [0.1, 0.15) is 23.1 Å². The maximum atomic E-state index is 12.4. The zero-order valence-electron chi connectivity index (χ0n) is 19.5. The lowest BCUT2D eigenvalue weighted by Crippen LogP contribution is -2.07. The second-order valence-electron chi connectivity index (χ2n) is 8.51. The molecule has 0 saturated heterocycles. The van der Waals surface area contributed by atoms with E-state index in [-0.39, 0.29) is 11.7 Å². The molecular weight excluding hydrogens is 440 g/mol. The average molecular weight is 463 g/mol. The summed E-state index contributed by atoms with van der Waals surface area (Å²) in [7, 11) is 0. The van der Waals surface area contributed by atoms with E-state index in [1.54, 1.807) is 24.3 Å². The number of nitriles is 1. The van der Waals surface area contributed by atoms with Gasteiger partial charge < -0.3 is 14.3 Å². The number of furan rings is 1. The first-order chi connectivity index (χ1) is 16.9. The molecule has 0 amide bonds. The molecule has 35 heavy (non-hydrogen) atoms. The van der Waals surface area contributed by atoms with E-state index in [0.717, 1.165) is 27.7 Å². The summed E-state index contributed by atoms with van der Waals surface area (Å²) in [4.78, 5) is 17.2.